The number of nitrogens with zero attached hydrogens (tertiary/aromatic N) is 1. The number of sulfonamides is 1. The zero-order chi connectivity index (χ0) is 20.3. The predicted molar refractivity (Wildman–Crippen MR) is 106 cm³/mol. The molecule has 1 aromatic carbocycles. The van der Waals surface area contributed by atoms with Gasteiger partial charge in [0.05, 0.1) is 12.8 Å². The van der Waals surface area contributed by atoms with Gasteiger partial charge in [0.1, 0.15) is 16.3 Å². The monoisotopic (exact) mass is 406 g/mol. The lowest BCUT2D eigenvalue weighted by Gasteiger charge is -2.29. The number of benzene rings is 1. The molecule has 1 heterocycles. The summed E-state index contributed by atoms with van der Waals surface area (Å²) >= 11 is 0. The summed E-state index contributed by atoms with van der Waals surface area (Å²) in [5, 5.41) is 10.0. The number of methoxy groups -OCH3 is 1. The van der Waals surface area contributed by atoms with Gasteiger partial charge in [0, 0.05) is 11.6 Å². The Morgan fingerprint density at radius 1 is 1.25 bits per heavy atom. The van der Waals surface area contributed by atoms with Crippen molar-refractivity contribution in [2.24, 2.45) is 5.92 Å². The molecule has 1 aliphatic rings. The van der Waals surface area contributed by atoms with E-state index in [2.05, 4.69) is 27.2 Å². The molecular formula is C19H26N4O4S. The molecule has 1 aliphatic carbocycles. The van der Waals surface area contributed by atoms with E-state index in [0.717, 1.165) is 19.3 Å². The van der Waals surface area contributed by atoms with Crippen LogP contribution in [0.4, 0.5) is 0 Å². The Hall–Kier alpha value is -2.39. The van der Waals surface area contributed by atoms with E-state index in [1.807, 2.05) is 0 Å². The molecule has 1 saturated carbocycles. The normalized spacial score (nSPS) is 20.0. The standard InChI is InChI=1S/C19H26N4O4S/c1-12-6-4-5-7-14(12)21-19(24)16-11-15(22-23-16)13-8-9-17(27-3)18(10-13)28(25,26)20-2/h8-12,14,20H,4-7H2,1-3H3,(H,21,24)(H,22,23). The SMILES string of the molecule is CNS(=O)(=O)c1cc(-c2cc(C(=O)NC3CCCCC3C)[nH]n2)ccc1OC. The minimum atomic E-state index is -3.70. The Morgan fingerprint density at radius 2 is 2.00 bits per heavy atom. The molecule has 0 bridgehead atoms. The third-order valence-corrected chi connectivity index (χ3v) is 6.70. The molecule has 152 valence electrons. The Bertz CT molecular complexity index is 955. The summed E-state index contributed by atoms with van der Waals surface area (Å²) in [7, 11) is -0.951. The van der Waals surface area contributed by atoms with E-state index in [-0.39, 0.29) is 22.6 Å². The number of hydrogen-bond donors (Lipinski definition) is 3. The molecule has 9 heteroatoms. The van der Waals surface area contributed by atoms with E-state index in [9.17, 15) is 13.2 Å². The Morgan fingerprint density at radius 3 is 2.68 bits per heavy atom. The Labute approximate surface area is 165 Å². The number of amides is 1. The van der Waals surface area contributed by atoms with Crippen molar-refractivity contribution in [3.05, 3.63) is 30.0 Å². The third-order valence-electron chi connectivity index (χ3n) is 5.27. The molecule has 3 N–H and O–H groups in total. The zero-order valence-electron chi connectivity index (χ0n) is 16.3. The van der Waals surface area contributed by atoms with Gasteiger partial charge in [-0.2, -0.15) is 5.10 Å². The van der Waals surface area contributed by atoms with Gasteiger partial charge < -0.3 is 10.1 Å². The van der Waals surface area contributed by atoms with E-state index < -0.39 is 10.0 Å². The fourth-order valence-electron chi connectivity index (χ4n) is 3.52. The summed E-state index contributed by atoms with van der Waals surface area (Å²) in [6.07, 6.45) is 4.43. The van der Waals surface area contributed by atoms with Crippen molar-refractivity contribution < 1.29 is 17.9 Å². The molecule has 0 radical (unpaired) electrons. The fourth-order valence-corrected chi connectivity index (χ4v) is 4.44. The van der Waals surface area contributed by atoms with Crippen molar-refractivity contribution in [2.75, 3.05) is 14.2 Å². The van der Waals surface area contributed by atoms with E-state index in [4.69, 9.17) is 4.74 Å². The Kier molecular flexibility index (Phi) is 6.04. The third kappa shape index (κ3) is 4.20. The maximum atomic E-state index is 12.6. The van der Waals surface area contributed by atoms with Crippen LogP contribution in [0.25, 0.3) is 11.3 Å². The van der Waals surface area contributed by atoms with Crippen LogP contribution in [-0.4, -0.2) is 44.7 Å². The molecule has 1 fully saturated rings. The molecular weight excluding hydrogens is 380 g/mol. The quantitative estimate of drug-likeness (QED) is 0.681. The van der Waals surface area contributed by atoms with Crippen molar-refractivity contribution in [3.63, 3.8) is 0 Å². The highest BCUT2D eigenvalue weighted by Crippen LogP contribution is 2.29. The van der Waals surface area contributed by atoms with Crippen LogP contribution in [0.5, 0.6) is 5.75 Å². The highest BCUT2D eigenvalue weighted by molar-refractivity contribution is 7.89. The molecule has 3 rings (SSSR count). The summed E-state index contributed by atoms with van der Waals surface area (Å²) in [6.45, 7) is 2.16. The molecule has 28 heavy (non-hydrogen) atoms. The highest BCUT2D eigenvalue weighted by Gasteiger charge is 2.24. The van der Waals surface area contributed by atoms with Gasteiger partial charge in [-0.25, -0.2) is 13.1 Å². The molecule has 2 atom stereocenters. The number of nitrogens with one attached hydrogen (secondary N) is 3. The molecule has 2 unspecified atom stereocenters. The number of aromatic nitrogens is 2. The van der Waals surface area contributed by atoms with Crippen LogP contribution in [0.2, 0.25) is 0 Å². The number of H-pyrrole nitrogens is 1. The first kappa shape index (κ1) is 20.3. The fraction of sp³-hybridized carbons (Fsp3) is 0.474. The van der Waals surface area contributed by atoms with Gasteiger partial charge >= 0.3 is 0 Å². The number of hydrogen-bond acceptors (Lipinski definition) is 5. The lowest BCUT2D eigenvalue weighted by molar-refractivity contribution is 0.0905. The molecule has 0 aliphatic heterocycles. The second kappa shape index (κ2) is 8.32. The number of carbonyl (C=O) groups is 1. The topological polar surface area (TPSA) is 113 Å². The van der Waals surface area contributed by atoms with Gasteiger partial charge in [-0.1, -0.05) is 19.8 Å². The first-order valence-electron chi connectivity index (χ1n) is 9.34. The van der Waals surface area contributed by atoms with Crippen LogP contribution in [0, 0.1) is 5.92 Å². The van der Waals surface area contributed by atoms with Crippen LogP contribution in [0.15, 0.2) is 29.2 Å². The van der Waals surface area contributed by atoms with Crippen molar-refractivity contribution in [1.29, 1.82) is 0 Å². The van der Waals surface area contributed by atoms with Gasteiger partial charge in [-0.05, 0) is 50.1 Å². The average molecular weight is 407 g/mol. The summed E-state index contributed by atoms with van der Waals surface area (Å²) in [5.74, 6) is 0.489. The number of carbonyl (C=O) groups excluding carboxylic acids is 1. The Balaban J connectivity index is 1.83. The van der Waals surface area contributed by atoms with Crippen LogP contribution < -0.4 is 14.8 Å². The number of aromatic amines is 1. The lowest BCUT2D eigenvalue weighted by atomic mass is 9.86. The van der Waals surface area contributed by atoms with Crippen molar-refractivity contribution >= 4 is 15.9 Å². The van der Waals surface area contributed by atoms with Gasteiger partial charge in [0.25, 0.3) is 5.91 Å². The smallest absolute Gasteiger partial charge is 0.269 e. The summed E-state index contributed by atoms with van der Waals surface area (Å²) in [5.41, 5.74) is 1.40. The van der Waals surface area contributed by atoms with Crippen LogP contribution in [0.1, 0.15) is 43.1 Å². The van der Waals surface area contributed by atoms with Gasteiger partial charge in [-0.15, -0.1) is 0 Å². The van der Waals surface area contributed by atoms with Crippen LogP contribution >= 0.6 is 0 Å². The molecule has 1 aromatic heterocycles. The zero-order valence-corrected chi connectivity index (χ0v) is 17.1. The van der Waals surface area contributed by atoms with Crippen LogP contribution in [0.3, 0.4) is 0 Å². The molecule has 2 aromatic rings. The summed E-state index contributed by atoms with van der Waals surface area (Å²) < 4.78 is 31.9. The maximum Gasteiger partial charge on any atom is 0.269 e. The van der Waals surface area contributed by atoms with E-state index in [0.29, 0.717) is 22.9 Å². The lowest BCUT2D eigenvalue weighted by Crippen LogP contribution is -2.41. The second-order valence-corrected chi connectivity index (χ2v) is 8.94. The first-order valence-corrected chi connectivity index (χ1v) is 10.8. The second-order valence-electron chi connectivity index (χ2n) is 7.08. The minimum Gasteiger partial charge on any atom is -0.495 e. The summed E-state index contributed by atoms with van der Waals surface area (Å²) in [6, 6.07) is 6.54. The largest absolute Gasteiger partial charge is 0.495 e. The van der Waals surface area contributed by atoms with Gasteiger partial charge in [0.2, 0.25) is 10.0 Å². The van der Waals surface area contributed by atoms with Crippen molar-refractivity contribution in [3.8, 4) is 17.0 Å². The van der Waals surface area contributed by atoms with E-state index in [1.165, 1.54) is 26.6 Å². The summed E-state index contributed by atoms with van der Waals surface area (Å²) in [4.78, 5) is 12.6. The molecule has 0 saturated heterocycles. The molecule has 8 nitrogen and oxygen atoms in total. The minimum absolute atomic E-state index is 0.0139. The molecule has 0 spiro atoms. The molecule has 1 amide bonds. The predicted octanol–water partition coefficient (Wildman–Crippen LogP) is 2.30. The van der Waals surface area contributed by atoms with E-state index in [1.54, 1.807) is 18.2 Å². The van der Waals surface area contributed by atoms with Crippen molar-refractivity contribution in [2.45, 2.75) is 43.5 Å². The van der Waals surface area contributed by atoms with Gasteiger partial charge in [0.15, 0.2) is 0 Å². The number of rotatable bonds is 6. The van der Waals surface area contributed by atoms with Crippen molar-refractivity contribution in [1.82, 2.24) is 20.2 Å². The maximum absolute atomic E-state index is 12.6. The highest BCUT2D eigenvalue weighted by atomic mass is 32.2. The van der Waals surface area contributed by atoms with Gasteiger partial charge in [-0.3, -0.25) is 9.89 Å². The van der Waals surface area contributed by atoms with Crippen LogP contribution in [-0.2, 0) is 10.0 Å². The van der Waals surface area contributed by atoms with E-state index >= 15 is 0 Å². The first-order chi connectivity index (χ1) is 13.4. The number of ether oxygens (including phenoxy) is 1. The average Bonchev–Trinajstić information content (AvgIpc) is 3.19.